The van der Waals surface area contributed by atoms with Crippen LogP contribution in [0.1, 0.15) is 19.8 Å². The van der Waals surface area contributed by atoms with Gasteiger partial charge in [-0.1, -0.05) is 6.08 Å². The number of hydrogen-bond acceptors (Lipinski definition) is 4. The maximum absolute atomic E-state index is 11.4. The van der Waals surface area contributed by atoms with Crippen molar-refractivity contribution in [3.8, 4) is 6.07 Å². The monoisotopic (exact) mass is 222 g/mol. The molecule has 4 heteroatoms. The van der Waals surface area contributed by atoms with Crippen molar-refractivity contribution in [1.82, 2.24) is 4.90 Å². The van der Waals surface area contributed by atoms with E-state index in [0.717, 1.165) is 25.9 Å². The number of carbonyl (C=O) groups excluding carboxylic acids is 1. The van der Waals surface area contributed by atoms with E-state index in [1.165, 1.54) is 0 Å². The zero-order chi connectivity index (χ0) is 12.0. The summed E-state index contributed by atoms with van der Waals surface area (Å²) in [6.45, 7) is 4.04. The van der Waals surface area contributed by atoms with E-state index in [2.05, 4.69) is 11.9 Å². The number of likely N-dealkylation sites (tertiary alicyclic amines) is 1. The van der Waals surface area contributed by atoms with E-state index >= 15 is 0 Å². The molecular weight excluding hydrogens is 204 g/mol. The Labute approximate surface area is 96.5 Å². The summed E-state index contributed by atoms with van der Waals surface area (Å²) in [5.74, 6) is -0.212. The predicted octanol–water partition coefficient (Wildman–Crippen LogP) is 1.34. The van der Waals surface area contributed by atoms with Crippen LogP contribution in [-0.4, -0.2) is 37.6 Å². The van der Waals surface area contributed by atoms with E-state index in [0.29, 0.717) is 6.61 Å². The van der Waals surface area contributed by atoms with Gasteiger partial charge in [-0.2, -0.15) is 5.26 Å². The van der Waals surface area contributed by atoms with Crippen LogP contribution in [0.2, 0.25) is 0 Å². The Hall–Kier alpha value is -1.34. The molecule has 1 aliphatic heterocycles. The molecule has 16 heavy (non-hydrogen) atoms. The van der Waals surface area contributed by atoms with E-state index in [-0.39, 0.29) is 11.5 Å². The summed E-state index contributed by atoms with van der Waals surface area (Å²) in [5, 5.41) is 8.89. The Kier molecular flexibility index (Phi) is 5.00. The Balaban J connectivity index is 2.64. The molecule has 0 aromatic carbocycles. The summed E-state index contributed by atoms with van der Waals surface area (Å²) < 4.78 is 4.82. The highest BCUT2D eigenvalue weighted by Crippen LogP contribution is 2.18. The second-order valence-electron chi connectivity index (χ2n) is 4.08. The molecule has 0 aromatic heterocycles. The number of nitrogens with zero attached hydrogens (tertiary/aromatic N) is 2. The number of nitriles is 1. The molecule has 1 aliphatic rings. The van der Waals surface area contributed by atoms with Gasteiger partial charge in [-0.3, -0.25) is 0 Å². The lowest BCUT2D eigenvalue weighted by molar-refractivity contribution is -0.138. The molecule has 1 rings (SSSR count). The first-order valence-corrected chi connectivity index (χ1v) is 5.65. The van der Waals surface area contributed by atoms with Crippen LogP contribution in [-0.2, 0) is 9.53 Å². The number of esters is 1. The number of rotatable bonds is 3. The van der Waals surface area contributed by atoms with Gasteiger partial charge in [0.2, 0.25) is 0 Å². The summed E-state index contributed by atoms with van der Waals surface area (Å²) in [6, 6.07) is 1.92. The van der Waals surface area contributed by atoms with Gasteiger partial charge >= 0.3 is 5.97 Å². The molecule has 0 N–H and O–H groups in total. The minimum Gasteiger partial charge on any atom is -0.462 e. The highest BCUT2D eigenvalue weighted by atomic mass is 16.5. The maximum atomic E-state index is 11.4. The van der Waals surface area contributed by atoms with Gasteiger partial charge in [0.1, 0.15) is 11.6 Å². The summed E-state index contributed by atoms with van der Waals surface area (Å²) in [7, 11) is 2.05. The van der Waals surface area contributed by atoms with Gasteiger partial charge in [0.05, 0.1) is 6.61 Å². The smallest absolute Gasteiger partial charge is 0.348 e. The first kappa shape index (κ1) is 12.7. The summed E-state index contributed by atoms with van der Waals surface area (Å²) in [6.07, 6.45) is 3.90. The minimum absolute atomic E-state index is 0.141. The van der Waals surface area contributed by atoms with Gasteiger partial charge in [0, 0.05) is 6.54 Å². The van der Waals surface area contributed by atoms with Crippen LogP contribution >= 0.6 is 0 Å². The van der Waals surface area contributed by atoms with Gasteiger partial charge in [0.15, 0.2) is 0 Å². The van der Waals surface area contributed by atoms with E-state index in [1.807, 2.05) is 6.07 Å². The molecule has 1 fully saturated rings. The minimum atomic E-state index is -0.502. The van der Waals surface area contributed by atoms with E-state index in [1.54, 1.807) is 13.0 Å². The zero-order valence-electron chi connectivity index (χ0n) is 9.90. The third kappa shape index (κ3) is 3.67. The first-order chi connectivity index (χ1) is 7.67. The van der Waals surface area contributed by atoms with Crippen molar-refractivity contribution in [3.63, 3.8) is 0 Å². The average molecular weight is 222 g/mol. The van der Waals surface area contributed by atoms with Crippen LogP contribution in [0.5, 0.6) is 0 Å². The largest absolute Gasteiger partial charge is 0.462 e. The second-order valence-corrected chi connectivity index (χ2v) is 4.08. The Morgan fingerprint density at radius 3 is 3.00 bits per heavy atom. The lowest BCUT2D eigenvalue weighted by Gasteiger charge is -2.27. The van der Waals surface area contributed by atoms with Crippen molar-refractivity contribution >= 4 is 5.97 Å². The fourth-order valence-corrected chi connectivity index (χ4v) is 1.94. The molecule has 0 aliphatic carbocycles. The first-order valence-electron chi connectivity index (χ1n) is 5.65. The van der Waals surface area contributed by atoms with E-state index in [4.69, 9.17) is 10.00 Å². The van der Waals surface area contributed by atoms with Crippen LogP contribution in [0.4, 0.5) is 0 Å². The quantitative estimate of drug-likeness (QED) is 0.411. The Morgan fingerprint density at radius 1 is 1.69 bits per heavy atom. The molecule has 0 bridgehead atoms. The molecule has 1 saturated heterocycles. The number of ether oxygens (including phenoxy) is 1. The van der Waals surface area contributed by atoms with Crippen LogP contribution in [0, 0.1) is 17.2 Å². The van der Waals surface area contributed by atoms with Crippen LogP contribution in [0.25, 0.3) is 0 Å². The normalized spacial score (nSPS) is 22.6. The fourth-order valence-electron chi connectivity index (χ4n) is 1.94. The van der Waals surface area contributed by atoms with Crippen LogP contribution in [0.3, 0.4) is 0 Å². The van der Waals surface area contributed by atoms with Gasteiger partial charge < -0.3 is 9.64 Å². The van der Waals surface area contributed by atoms with Gasteiger partial charge in [-0.05, 0) is 39.3 Å². The van der Waals surface area contributed by atoms with Crippen molar-refractivity contribution in [3.05, 3.63) is 11.6 Å². The summed E-state index contributed by atoms with van der Waals surface area (Å²) in [4.78, 5) is 13.6. The predicted molar refractivity (Wildman–Crippen MR) is 60.6 cm³/mol. The number of piperidine rings is 1. The molecule has 1 unspecified atom stereocenters. The van der Waals surface area contributed by atoms with Gasteiger partial charge in [0.25, 0.3) is 0 Å². The lowest BCUT2D eigenvalue weighted by atomic mass is 9.96. The highest BCUT2D eigenvalue weighted by Gasteiger charge is 2.18. The molecule has 0 radical (unpaired) electrons. The summed E-state index contributed by atoms with van der Waals surface area (Å²) in [5.41, 5.74) is 0.141. The maximum Gasteiger partial charge on any atom is 0.348 e. The standard InChI is InChI=1S/C12H18N2O2/c1-3-16-12(15)11(8-13)7-10-5-4-6-14(2)9-10/h7,10H,3-6,9H2,1-2H3/b11-7-. The molecule has 0 spiro atoms. The molecule has 0 aromatic rings. The van der Waals surface area contributed by atoms with Crippen LogP contribution < -0.4 is 0 Å². The SMILES string of the molecule is CCOC(=O)/C(C#N)=C\C1CCCN(C)C1. The van der Waals surface area contributed by atoms with Crippen molar-refractivity contribution < 1.29 is 9.53 Å². The van der Waals surface area contributed by atoms with Crippen molar-refractivity contribution in [2.24, 2.45) is 5.92 Å². The third-order valence-corrected chi connectivity index (χ3v) is 2.68. The third-order valence-electron chi connectivity index (χ3n) is 2.68. The van der Waals surface area contributed by atoms with E-state index < -0.39 is 5.97 Å². The second kappa shape index (κ2) is 6.29. The number of hydrogen-bond donors (Lipinski definition) is 0. The Bertz CT molecular complexity index is 317. The number of carbonyl (C=O) groups is 1. The molecular formula is C12H18N2O2. The molecule has 0 amide bonds. The molecule has 1 heterocycles. The highest BCUT2D eigenvalue weighted by molar-refractivity contribution is 5.92. The lowest BCUT2D eigenvalue weighted by Crippen LogP contribution is -2.31. The molecule has 0 saturated carbocycles. The molecule has 1 atom stereocenters. The van der Waals surface area contributed by atoms with Gasteiger partial charge in [-0.15, -0.1) is 0 Å². The Morgan fingerprint density at radius 2 is 2.44 bits per heavy atom. The van der Waals surface area contributed by atoms with Gasteiger partial charge in [-0.25, -0.2) is 4.79 Å². The zero-order valence-corrected chi connectivity index (χ0v) is 9.90. The van der Waals surface area contributed by atoms with Crippen molar-refractivity contribution in [1.29, 1.82) is 5.26 Å². The van der Waals surface area contributed by atoms with Crippen molar-refractivity contribution in [2.45, 2.75) is 19.8 Å². The van der Waals surface area contributed by atoms with E-state index in [9.17, 15) is 4.79 Å². The molecule has 4 nitrogen and oxygen atoms in total. The molecule has 88 valence electrons. The average Bonchev–Trinajstić information content (AvgIpc) is 2.26. The van der Waals surface area contributed by atoms with Crippen LogP contribution in [0.15, 0.2) is 11.6 Å². The topological polar surface area (TPSA) is 53.3 Å². The van der Waals surface area contributed by atoms with Crippen molar-refractivity contribution in [2.75, 3.05) is 26.7 Å². The fraction of sp³-hybridized carbons (Fsp3) is 0.667. The summed E-state index contributed by atoms with van der Waals surface area (Å²) >= 11 is 0.